The largest absolute Gasteiger partial charge is 0.496 e. The third-order valence-electron chi connectivity index (χ3n) is 2.98. The van der Waals surface area contributed by atoms with Crippen LogP contribution in [0.4, 0.5) is 0 Å². The van der Waals surface area contributed by atoms with E-state index in [4.69, 9.17) is 14.2 Å². The number of fused-ring (bicyclic) bond motifs is 1. The molecule has 0 aliphatic carbocycles. The Kier molecular flexibility index (Phi) is 2.73. The van der Waals surface area contributed by atoms with Gasteiger partial charge >= 0.3 is 5.97 Å². The van der Waals surface area contributed by atoms with Gasteiger partial charge in [-0.05, 0) is 0 Å². The van der Waals surface area contributed by atoms with Crippen LogP contribution in [0.1, 0.15) is 25.8 Å². The van der Waals surface area contributed by atoms with Crippen molar-refractivity contribution >= 4 is 5.97 Å². The monoisotopic (exact) mass is 236 g/mol. The first-order valence-corrected chi connectivity index (χ1v) is 5.45. The van der Waals surface area contributed by atoms with E-state index >= 15 is 0 Å². The smallest absolute Gasteiger partial charge is 0.312 e. The first-order chi connectivity index (χ1) is 7.97. The fraction of sp³-hybridized carbons (Fsp3) is 0.462. The molecule has 4 nitrogen and oxygen atoms in total. The Hall–Kier alpha value is -1.71. The van der Waals surface area contributed by atoms with Gasteiger partial charge in [-0.25, -0.2) is 0 Å². The number of hydrogen-bond donors (Lipinski definition) is 0. The zero-order chi connectivity index (χ0) is 12.6. The van der Waals surface area contributed by atoms with Crippen molar-refractivity contribution in [2.45, 2.75) is 25.7 Å². The molecule has 4 heteroatoms. The van der Waals surface area contributed by atoms with Crippen molar-refractivity contribution in [1.82, 2.24) is 0 Å². The highest BCUT2D eigenvalue weighted by Gasteiger charge is 2.37. The Morgan fingerprint density at radius 2 is 1.94 bits per heavy atom. The normalized spacial score (nSPS) is 17.1. The molecule has 0 aromatic heterocycles. The molecule has 0 saturated carbocycles. The van der Waals surface area contributed by atoms with Gasteiger partial charge in [0.05, 0.1) is 20.6 Å². The molecule has 17 heavy (non-hydrogen) atoms. The lowest BCUT2D eigenvalue weighted by molar-refractivity contribution is -0.137. The molecule has 0 saturated heterocycles. The van der Waals surface area contributed by atoms with Crippen LogP contribution in [0.25, 0.3) is 0 Å². The highest BCUT2D eigenvalue weighted by atomic mass is 16.5. The third kappa shape index (κ3) is 1.95. The number of benzene rings is 1. The van der Waals surface area contributed by atoms with Gasteiger partial charge < -0.3 is 14.2 Å². The molecule has 1 aromatic rings. The van der Waals surface area contributed by atoms with E-state index in [0.717, 1.165) is 5.56 Å². The third-order valence-corrected chi connectivity index (χ3v) is 2.98. The summed E-state index contributed by atoms with van der Waals surface area (Å²) >= 11 is 0. The zero-order valence-corrected chi connectivity index (χ0v) is 10.5. The van der Waals surface area contributed by atoms with Crippen LogP contribution in [0.2, 0.25) is 0 Å². The van der Waals surface area contributed by atoms with E-state index in [2.05, 4.69) is 0 Å². The van der Waals surface area contributed by atoms with Crippen LogP contribution in [0, 0.1) is 0 Å². The summed E-state index contributed by atoms with van der Waals surface area (Å²) in [6, 6.07) is 3.52. The molecule has 0 radical (unpaired) electrons. The van der Waals surface area contributed by atoms with Crippen molar-refractivity contribution in [3.05, 3.63) is 17.7 Å². The summed E-state index contributed by atoms with van der Waals surface area (Å²) in [5.41, 5.74) is 0.628. The average Bonchev–Trinajstić information content (AvgIpc) is 2.25. The number of carbonyl (C=O) groups is 1. The van der Waals surface area contributed by atoms with Crippen molar-refractivity contribution in [3.8, 4) is 17.2 Å². The summed E-state index contributed by atoms with van der Waals surface area (Å²) in [5.74, 6) is 1.61. The summed E-state index contributed by atoms with van der Waals surface area (Å²) in [5, 5.41) is 0. The standard InChI is InChI=1S/C13H16O4/c1-13(2)7-11(14)17-10-6-8(15-3)5-9(16-4)12(10)13/h5-6H,7H2,1-4H3. The van der Waals surface area contributed by atoms with E-state index in [0.29, 0.717) is 23.7 Å². The van der Waals surface area contributed by atoms with Gasteiger partial charge in [-0.1, -0.05) is 13.8 Å². The minimum absolute atomic E-state index is 0.224. The quantitative estimate of drug-likeness (QED) is 0.583. The van der Waals surface area contributed by atoms with Gasteiger partial charge in [0.2, 0.25) is 0 Å². The summed E-state index contributed by atoms with van der Waals surface area (Å²) < 4.78 is 15.8. The van der Waals surface area contributed by atoms with E-state index in [-0.39, 0.29) is 11.4 Å². The molecule has 1 aliphatic heterocycles. The molecule has 0 unspecified atom stereocenters. The number of carbonyl (C=O) groups excluding carboxylic acids is 1. The lowest BCUT2D eigenvalue weighted by Gasteiger charge is -2.32. The molecule has 92 valence electrons. The second kappa shape index (κ2) is 3.95. The second-order valence-electron chi connectivity index (χ2n) is 4.74. The maximum absolute atomic E-state index is 11.5. The minimum Gasteiger partial charge on any atom is -0.496 e. The van der Waals surface area contributed by atoms with Crippen molar-refractivity contribution in [1.29, 1.82) is 0 Å². The Balaban J connectivity index is 2.64. The molecule has 0 N–H and O–H groups in total. The minimum atomic E-state index is -0.289. The van der Waals surface area contributed by atoms with Gasteiger partial charge in [0.25, 0.3) is 0 Å². The molecule has 0 bridgehead atoms. The summed E-state index contributed by atoms with van der Waals surface area (Å²) in [7, 11) is 3.17. The molecule has 0 spiro atoms. The number of esters is 1. The molecule has 0 atom stereocenters. The number of ether oxygens (including phenoxy) is 3. The lowest BCUT2D eigenvalue weighted by atomic mass is 9.79. The topological polar surface area (TPSA) is 44.8 Å². The molecule has 1 aromatic carbocycles. The predicted octanol–water partition coefficient (Wildman–Crippen LogP) is 2.29. The van der Waals surface area contributed by atoms with E-state index in [9.17, 15) is 4.79 Å². The highest BCUT2D eigenvalue weighted by Crippen LogP contribution is 2.46. The summed E-state index contributed by atoms with van der Waals surface area (Å²) in [4.78, 5) is 11.5. The van der Waals surface area contributed by atoms with Crippen LogP contribution in [-0.4, -0.2) is 20.2 Å². The first kappa shape index (κ1) is 11.8. The SMILES string of the molecule is COc1cc(OC)c2c(c1)OC(=O)CC2(C)C. The van der Waals surface area contributed by atoms with Crippen LogP contribution < -0.4 is 14.2 Å². The van der Waals surface area contributed by atoms with Crippen LogP contribution in [0.3, 0.4) is 0 Å². The average molecular weight is 236 g/mol. The van der Waals surface area contributed by atoms with Gasteiger partial charge in [0.1, 0.15) is 17.2 Å². The van der Waals surface area contributed by atoms with Gasteiger partial charge in [-0.2, -0.15) is 0 Å². The van der Waals surface area contributed by atoms with Crippen molar-refractivity contribution in [3.63, 3.8) is 0 Å². The first-order valence-electron chi connectivity index (χ1n) is 5.45. The molecular formula is C13H16O4. The summed E-state index contributed by atoms with van der Waals surface area (Å²) in [6.07, 6.45) is 0.350. The number of methoxy groups -OCH3 is 2. The fourth-order valence-electron chi connectivity index (χ4n) is 2.20. The van der Waals surface area contributed by atoms with Gasteiger partial charge in [0, 0.05) is 23.1 Å². The van der Waals surface area contributed by atoms with E-state index in [1.165, 1.54) is 0 Å². The molecule has 0 amide bonds. The van der Waals surface area contributed by atoms with Crippen LogP contribution in [0.15, 0.2) is 12.1 Å². The van der Waals surface area contributed by atoms with Crippen LogP contribution in [0.5, 0.6) is 17.2 Å². The zero-order valence-electron chi connectivity index (χ0n) is 10.5. The van der Waals surface area contributed by atoms with Crippen LogP contribution in [-0.2, 0) is 10.2 Å². The molecule has 2 rings (SSSR count). The van der Waals surface area contributed by atoms with E-state index in [1.54, 1.807) is 26.4 Å². The Morgan fingerprint density at radius 1 is 1.24 bits per heavy atom. The Morgan fingerprint density at radius 3 is 2.53 bits per heavy atom. The molecular weight excluding hydrogens is 220 g/mol. The highest BCUT2D eigenvalue weighted by molar-refractivity contribution is 5.79. The van der Waals surface area contributed by atoms with Crippen molar-refractivity contribution < 1.29 is 19.0 Å². The summed E-state index contributed by atoms with van der Waals surface area (Å²) in [6.45, 7) is 4.00. The van der Waals surface area contributed by atoms with E-state index < -0.39 is 0 Å². The second-order valence-corrected chi connectivity index (χ2v) is 4.74. The van der Waals surface area contributed by atoms with Crippen molar-refractivity contribution in [2.24, 2.45) is 0 Å². The number of hydrogen-bond acceptors (Lipinski definition) is 4. The fourth-order valence-corrected chi connectivity index (χ4v) is 2.20. The molecule has 0 fully saturated rings. The molecule has 1 aliphatic rings. The molecule has 1 heterocycles. The van der Waals surface area contributed by atoms with Gasteiger partial charge in [-0.15, -0.1) is 0 Å². The Bertz CT molecular complexity index is 463. The van der Waals surface area contributed by atoms with Crippen LogP contribution >= 0.6 is 0 Å². The van der Waals surface area contributed by atoms with Gasteiger partial charge in [-0.3, -0.25) is 4.79 Å². The van der Waals surface area contributed by atoms with Gasteiger partial charge in [0.15, 0.2) is 0 Å². The maximum atomic E-state index is 11.5. The maximum Gasteiger partial charge on any atom is 0.312 e. The van der Waals surface area contributed by atoms with E-state index in [1.807, 2.05) is 13.8 Å². The lowest BCUT2D eigenvalue weighted by Crippen LogP contribution is -2.31. The Labute approximate surface area is 100 Å². The predicted molar refractivity (Wildman–Crippen MR) is 62.8 cm³/mol. The number of rotatable bonds is 2. The van der Waals surface area contributed by atoms with Crippen molar-refractivity contribution in [2.75, 3.05) is 14.2 Å².